The molecule has 4 aromatic rings. The first kappa shape index (κ1) is 23.6. The summed E-state index contributed by atoms with van der Waals surface area (Å²) in [5.41, 5.74) is 1.04. The Balaban J connectivity index is 1.91. The van der Waals surface area contributed by atoms with E-state index in [1.165, 1.54) is 4.90 Å². The Bertz CT molecular complexity index is 1420. The van der Waals surface area contributed by atoms with Gasteiger partial charge in [-0.1, -0.05) is 41.4 Å². The minimum atomic E-state index is -0.910. The highest BCUT2D eigenvalue weighted by Gasteiger charge is 2.26. The standard InChI is InChI=1S/C25H21BrF2N4O2/c1-2-3-12-32(25(34)30-20-10-9-17(27)14-19(20)28)22-21(15-6-4-7-16(26)13-15)18-8-5-11-29-23(18)31-24(22)33/h4-11,13-14H,2-3,12H2,1H3,(H,30,34)(H,29,31,33). The fourth-order valence-corrected chi connectivity index (χ4v) is 4.11. The van der Waals surface area contributed by atoms with Crippen molar-refractivity contribution in [2.24, 2.45) is 0 Å². The van der Waals surface area contributed by atoms with E-state index >= 15 is 0 Å². The highest BCUT2D eigenvalue weighted by molar-refractivity contribution is 9.10. The second kappa shape index (κ2) is 10.1. The number of pyridine rings is 2. The quantitative estimate of drug-likeness (QED) is 0.302. The number of hydrogen-bond acceptors (Lipinski definition) is 3. The van der Waals surface area contributed by atoms with Gasteiger partial charge in [0.2, 0.25) is 0 Å². The molecule has 0 aliphatic heterocycles. The normalized spacial score (nSPS) is 10.9. The van der Waals surface area contributed by atoms with Gasteiger partial charge in [-0.25, -0.2) is 18.6 Å². The second-order valence-electron chi connectivity index (χ2n) is 7.65. The maximum Gasteiger partial charge on any atom is 0.326 e. The zero-order valence-electron chi connectivity index (χ0n) is 18.2. The highest BCUT2D eigenvalue weighted by atomic mass is 79.9. The number of H-pyrrole nitrogens is 1. The van der Waals surface area contributed by atoms with Gasteiger partial charge in [-0.3, -0.25) is 9.69 Å². The van der Waals surface area contributed by atoms with E-state index in [0.717, 1.165) is 23.0 Å². The number of hydrogen-bond donors (Lipinski definition) is 2. The van der Waals surface area contributed by atoms with Crippen LogP contribution >= 0.6 is 15.9 Å². The molecule has 174 valence electrons. The van der Waals surface area contributed by atoms with Crippen LogP contribution in [0.5, 0.6) is 0 Å². The average molecular weight is 527 g/mol. The fourth-order valence-electron chi connectivity index (χ4n) is 3.71. The van der Waals surface area contributed by atoms with Crippen LogP contribution in [-0.4, -0.2) is 22.5 Å². The number of rotatable bonds is 6. The minimum Gasteiger partial charge on any atom is -0.305 e. The molecule has 9 heteroatoms. The number of carbonyl (C=O) groups is 1. The molecule has 0 unspecified atom stereocenters. The molecule has 2 amide bonds. The van der Waals surface area contributed by atoms with Crippen molar-refractivity contribution in [2.75, 3.05) is 16.8 Å². The van der Waals surface area contributed by atoms with E-state index < -0.39 is 23.2 Å². The summed E-state index contributed by atoms with van der Waals surface area (Å²) in [6, 6.07) is 13.1. The van der Waals surface area contributed by atoms with Crippen LogP contribution < -0.4 is 15.8 Å². The minimum absolute atomic E-state index is 0.118. The zero-order chi connectivity index (χ0) is 24.2. The molecule has 0 radical (unpaired) electrons. The van der Waals surface area contributed by atoms with Gasteiger partial charge < -0.3 is 10.3 Å². The van der Waals surface area contributed by atoms with Gasteiger partial charge in [-0.15, -0.1) is 0 Å². The van der Waals surface area contributed by atoms with Crippen LogP contribution in [0.3, 0.4) is 0 Å². The van der Waals surface area contributed by atoms with Crippen LogP contribution in [0.15, 0.2) is 70.1 Å². The molecule has 0 aliphatic rings. The Morgan fingerprint density at radius 1 is 1.15 bits per heavy atom. The predicted molar refractivity (Wildman–Crippen MR) is 133 cm³/mol. The van der Waals surface area contributed by atoms with E-state index in [-0.39, 0.29) is 17.9 Å². The van der Waals surface area contributed by atoms with Crippen molar-refractivity contribution in [1.82, 2.24) is 9.97 Å². The molecular weight excluding hydrogens is 506 g/mol. The molecule has 0 bridgehead atoms. The number of benzene rings is 2. The third-order valence-corrected chi connectivity index (χ3v) is 5.79. The van der Waals surface area contributed by atoms with Crippen LogP contribution in [0.4, 0.5) is 25.0 Å². The maximum absolute atomic E-state index is 14.3. The summed E-state index contributed by atoms with van der Waals surface area (Å²) < 4.78 is 28.4. The predicted octanol–water partition coefficient (Wildman–Crippen LogP) is 6.47. The number of aromatic amines is 1. The van der Waals surface area contributed by atoms with Gasteiger partial charge in [0.15, 0.2) is 0 Å². The smallest absolute Gasteiger partial charge is 0.305 e. The van der Waals surface area contributed by atoms with Crippen molar-refractivity contribution >= 4 is 44.4 Å². The third kappa shape index (κ3) is 4.84. The highest BCUT2D eigenvalue weighted by Crippen LogP contribution is 2.35. The van der Waals surface area contributed by atoms with E-state index in [1.807, 2.05) is 37.3 Å². The molecular formula is C25H21BrF2N4O2. The van der Waals surface area contributed by atoms with E-state index in [2.05, 4.69) is 31.2 Å². The van der Waals surface area contributed by atoms with Gasteiger partial charge in [0.1, 0.15) is 23.0 Å². The number of unbranched alkanes of at least 4 members (excludes halogenated alkanes) is 1. The molecule has 34 heavy (non-hydrogen) atoms. The molecule has 2 aromatic heterocycles. The number of urea groups is 1. The molecule has 2 N–H and O–H groups in total. The molecule has 0 fully saturated rings. The molecule has 6 nitrogen and oxygen atoms in total. The maximum atomic E-state index is 14.3. The number of amides is 2. The number of carbonyl (C=O) groups excluding carboxylic acids is 1. The molecule has 0 saturated heterocycles. The first-order valence-electron chi connectivity index (χ1n) is 10.7. The Morgan fingerprint density at radius 3 is 2.71 bits per heavy atom. The van der Waals surface area contributed by atoms with Gasteiger partial charge in [0, 0.05) is 34.2 Å². The molecule has 0 aliphatic carbocycles. The summed E-state index contributed by atoms with van der Waals surface area (Å²) in [6.45, 7) is 2.17. The second-order valence-corrected chi connectivity index (χ2v) is 8.56. The van der Waals surface area contributed by atoms with Crippen molar-refractivity contribution in [2.45, 2.75) is 19.8 Å². The molecule has 4 rings (SSSR count). The topological polar surface area (TPSA) is 78.1 Å². The van der Waals surface area contributed by atoms with Crippen LogP contribution in [0, 0.1) is 11.6 Å². The van der Waals surface area contributed by atoms with Gasteiger partial charge in [-0.2, -0.15) is 0 Å². The summed E-state index contributed by atoms with van der Waals surface area (Å²) in [7, 11) is 0. The van der Waals surface area contributed by atoms with Crippen LogP contribution in [0.2, 0.25) is 0 Å². The average Bonchev–Trinajstić information content (AvgIpc) is 2.81. The summed E-state index contributed by atoms with van der Waals surface area (Å²) in [4.78, 5) is 35.0. The summed E-state index contributed by atoms with van der Waals surface area (Å²) in [5, 5.41) is 3.13. The van der Waals surface area contributed by atoms with Crippen molar-refractivity contribution in [1.29, 1.82) is 0 Å². The lowest BCUT2D eigenvalue weighted by atomic mass is 10.00. The van der Waals surface area contributed by atoms with Crippen molar-refractivity contribution < 1.29 is 13.6 Å². The molecule has 2 aromatic carbocycles. The van der Waals surface area contributed by atoms with Gasteiger partial charge in [0.05, 0.1) is 5.69 Å². The summed E-state index contributed by atoms with van der Waals surface area (Å²) in [5.74, 6) is -1.67. The molecule has 0 spiro atoms. The number of nitrogens with one attached hydrogen (secondary N) is 2. The number of halogens is 3. The Labute approximate surface area is 202 Å². The lowest BCUT2D eigenvalue weighted by Gasteiger charge is -2.25. The fraction of sp³-hybridized carbons (Fsp3) is 0.160. The Kier molecular flexibility index (Phi) is 7.02. The van der Waals surface area contributed by atoms with Gasteiger partial charge in [0.25, 0.3) is 5.56 Å². The van der Waals surface area contributed by atoms with Crippen LogP contribution in [0.1, 0.15) is 19.8 Å². The van der Waals surface area contributed by atoms with E-state index in [1.54, 1.807) is 12.3 Å². The first-order chi connectivity index (χ1) is 16.4. The molecule has 0 saturated carbocycles. The van der Waals surface area contributed by atoms with E-state index in [9.17, 15) is 18.4 Å². The largest absolute Gasteiger partial charge is 0.326 e. The Hall–Kier alpha value is -3.59. The van der Waals surface area contributed by atoms with Crippen LogP contribution in [-0.2, 0) is 0 Å². The monoisotopic (exact) mass is 526 g/mol. The number of nitrogens with zero attached hydrogens (tertiary/aromatic N) is 2. The van der Waals surface area contributed by atoms with Crippen LogP contribution in [0.25, 0.3) is 22.2 Å². The number of aromatic nitrogens is 2. The molecule has 2 heterocycles. The number of fused-ring (bicyclic) bond motifs is 1. The third-order valence-electron chi connectivity index (χ3n) is 5.30. The van der Waals surface area contributed by atoms with E-state index in [0.29, 0.717) is 34.6 Å². The lowest BCUT2D eigenvalue weighted by molar-refractivity contribution is 0.256. The number of anilines is 2. The van der Waals surface area contributed by atoms with Crippen molar-refractivity contribution in [3.8, 4) is 11.1 Å². The van der Waals surface area contributed by atoms with Gasteiger partial charge in [-0.05, 0) is 48.4 Å². The van der Waals surface area contributed by atoms with Gasteiger partial charge >= 0.3 is 6.03 Å². The zero-order valence-corrected chi connectivity index (χ0v) is 19.8. The van der Waals surface area contributed by atoms with E-state index in [4.69, 9.17) is 0 Å². The SMILES string of the molecule is CCCCN(C(=O)Nc1ccc(F)cc1F)c1c(-c2cccc(Br)c2)c2cccnc2[nH]c1=O. The lowest BCUT2D eigenvalue weighted by Crippen LogP contribution is -2.39. The van der Waals surface area contributed by atoms with Crippen molar-refractivity contribution in [3.05, 3.63) is 87.3 Å². The first-order valence-corrected chi connectivity index (χ1v) is 11.5. The summed E-state index contributed by atoms with van der Waals surface area (Å²) >= 11 is 3.47. The Morgan fingerprint density at radius 2 is 1.97 bits per heavy atom. The summed E-state index contributed by atoms with van der Waals surface area (Å²) in [6.07, 6.45) is 2.93. The molecule has 0 atom stereocenters. The van der Waals surface area contributed by atoms with Crippen molar-refractivity contribution in [3.63, 3.8) is 0 Å².